The summed E-state index contributed by atoms with van der Waals surface area (Å²) in [7, 11) is 1.70. The summed E-state index contributed by atoms with van der Waals surface area (Å²) in [5, 5.41) is 13.8. The summed E-state index contributed by atoms with van der Waals surface area (Å²) in [6.07, 6.45) is 0. The van der Waals surface area contributed by atoms with E-state index in [0.717, 1.165) is 11.3 Å². The summed E-state index contributed by atoms with van der Waals surface area (Å²) in [5.74, 6) is -0.692. The molecule has 0 saturated heterocycles. The van der Waals surface area contributed by atoms with Crippen LogP contribution in [0.25, 0.3) is 0 Å². The summed E-state index contributed by atoms with van der Waals surface area (Å²) >= 11 is 1.15. The Balaban J connectivity index is 2.16. The third-order valence-electron chi connectivity index (χ3n) is 2.27. The Morgan fingerprint density at radius 2 is 2.17 bits per heavy atom. The third-order valence-corrected chi connectivity index (χ3v) is 3.21. The van der Waals surface area contributed by atoms with Crippen LogP contribution in [-0.2, 0) is 0 Å². The van der Waals surface area contributed by atoms with Crippen molar-refractivity contribution in [3.63, 3.8) is 0 Å². The molecule has 2 N–H and O–H groups in total. The van der Waals surface area contributed by atoms with Gasteiger partial charge in [-0.3, -0.25) is 4.79 Å². The van der Waals surface area contributed by atoms with E-state index in [1.165, 1.54) is 18.2 Å². The van der Waals surface area contributed by atoms with Crippen LogP contribution in [-0.4, -0.2) is 23.2 Å². The molecule has 7 heteroatoms. The maximum Gasteiger partial charge on any atom is 0.286 e. The van der Waals surface area contributed by atoms with Crippen LogP contribution < -0.4 is 10.6 Å². The number of benzene rings is 1. The van der Waals surface area contributed by atoms with Crippen molar-refractivity contribution in [1.29, 1.82) is 0 Å². The highest BCUT2D eigenvalue weighted by Gasteiger charge is 2.13. The van der Waals surface area contributed by atoms with Gasteiger partial charge < -0.3 is 10.6 Å². The molecule has 0 bridgehead atoms. The Bertz CT molecular complexity index is 584. The molecule has 0 unspecified atom stereocenters. The van der Waals surface area contributed by atoms with Crippen molar-refractivity contribution in [3.05, 3.63) is 34.6 Å². The Morgan fingerprint density at radius 3 is 2.78 bits per heavy atom. The molecular weight excluding hydrogens is 255 g/mol. The number of hydrogen-bond acceptors (Lipinski definition) is 5. The van der Waals surface area contributed by atoms with Gasteiger partial charge in [-0.1, -0.05) is 11.3 Å². The molecule has 0 aliphatic rings. The van der Waals surface area contributed by atoms with E-state index in [0.29, 0.717) is 16.4 Å². The standard InChI is InChI=1S/C11H11FN4OS/c1-6-5-7(12)3-4-8(6)14-9(17)10-15-16-11(13-2)18-10/h3-5H,1-2H3,(H,13,16)(H,14,17). The lowest BCUT2D eigenvalue weighted by atomic mass is 10.2. The van der Waals surface area contributed by atoms with Crippen molar-refractivity contribution in [2.24, 2.45) is 0 Å². The molecule has 0 radical (unpaired) electrons. The number of nitrogens with one attached hydrogen (secondary N) is 2. The monoisotopic (exact) mass is 266 g/mol. The van der Waals surface area contributed by atoms with Crippen LogP contribution in [0, 0.1) is 12.7 Å². The van der Waals surface area contributed by atoms with E-state index >= 15 is 0 Å². The maximum atomic E-state index is 12.9. The molecule has 0 atom stereocenters. The highest BCUT2D eigenvalue weighted by molar-refractivity contribution is 7.17. The minimum Gasteiger partial charge on any atom is -0.363 e. The molecule has 2 rings (SSSR count). The van der Waals surface area contributed by atoms with E-state index in [9.17, 15) is 9.18 Å². The zero-order valence-corrected chi connectivity index (χ0v) is 10.6. The smallest absolute Gasteiger partial charge is 0.286 e. The second-order valence-electron chi connectivity index (χ2n) is 3.58. The first-order valence-electron chi connectivity index (χ1n) is 5.19. The molecule has 1 aromatic heterocycles. The molecule has 1 aromatic carbocycles. The Kier molecular flexibility index (Phi) is 3.52. The number of amides is 1. The predicted octanol–water partition coefficient (Wildman–Crippen LogP) is 2.28. The molecule has 0 fully saturated rings. The number of carbonyl (C=O) groups is 1. The maximum absolute atomic E-state index is 12.9. The van der Waals surface area contributed by atoms with Crippen LogP contribution >= 0.6 is 11.3 Å². The molecule has 5 nitrogen and oxygen atoms in total. The number of anilines is 2. The van der Waals surface area contributed by atoms with E-state index in [2.05, 4.69) is 20.8 Å². The largest absolute Gasteiger partial charge is 0.363 e. The van der Waals surface area contributed by atoms with Gasteiger partial charge in [-0.15, -0.1) is 10.2 Å². The first-order chi connectivity index (χ1) is 8.60. The summed E-state index contributed by atoms with van der Waals surface area (Å²) in [6, 6.07) is 4.17. The number of nitrogens with zero attached hydrogens (tertiary/aromatic N) is 2. The average molecular weight is 266 g/mol. The molecule has 1 amide bonds. The van der Waals surface area contributed by atoms with E-state index < -0.39 is 0 Å². The van der Waals surface area contributed by atoms with Crippen LogP contribution in [0.15, 0.2) is 18.2 Å². The normalized spacial score (nSPS) is 10.2. The molecule has 0 aliphatic heterocycles. The minimum absolute atomic E-state index is 0.253. The van der Waals surface area contributed by atoms with Crippen molar-refractivity contribution in [1.82, 2.24) is 10.2 Å². The van der Waals surface area contributed by atoms with Gasteiger partial charge in [-0.05, 0) is 30.7 Å². The fourth-order valence-corrected chi connectivity index (χ4v) is 1.95. The second kappa shape index (κ2) is 5.09. The van der Waals surface area contributed by atoms with Gasteiger partial charge >= 0.3 is 0 Å². The molecule has 2 aromatic rings. The van der Waals surface area contributed by atoms with Crippen molar-refractivity contribution in [2.75, 3.05) is 17.7 Å². The second-order valence-corrected chi connectivity index (χ2v) is 4.55. The topological polar surface area (TPSA) is 66.9 Å². The van der Waals surface area contributed by atoms with Crippen LogP contribution in [0.3, 0.4) is 0 Å². The van der Waals surface area contributed by atoms with Gasteiger partial charge in [0, 0.05) is 12.7 Å². The Labute approximate surface area is 107 Å². The van der Waals surface area contributed by atoms with Gasteiger partial charge in [0.2, 0.25) is 10.1 Å². The van der Waals surface area contributed by atoms with E-state index in [4.69, 9.17) is 0 Å². The zero-order chi connectivity index (χ0) is 13.1. The highest BCUT2D eigenvalue weighted by atomic mass is 32.1. The van der Waals surface area contributed by atoms with Gasteiger partial charge in [0.25, 0.3) is 5.91 Å². The quantitative estimate of drug-likeness (QED) is 0.894. The first-order valence-corrected chi connectivity index (χ1v) is 6.00. The SMILES string of the molecule is CNc1nnc(C(=O)Nc2ccc(F)cc2C)s1. The van der Waals surface area contributed by atoms with Crippen molar-refractivity contribution >= 4 is 28.1 Å². The molecular formula is C11H11FN4OS. The number of rotatable bonds is 3. The van der Waals surface area contributed by atoms with Crippen molar-refractivity contribution in [3.8, 4) is 0 Å². The molecule has 1 heterocycles. The van der Waals surface area contributed by atoms with Crippen LogP contribution in [0.4, 0.5) is 15.2 Å². The lowest BCUT2D eigenvalue weighted by molar-refractivity contribution is 0.102. The summed E-state index contributed by atoms with van der Waals surface area (Å²) < 4.78 is 12.9. The average Bonchev–Trinajstić information content (AvgIpc) is 2.81. The van der Waals surface area contributed by atoms with Crippen LogP contribution in [0.2, 0.25) is 0 Å². The fraction of sp³-hybridized carbons (Fsp3) is 0.182. The number of aromatic nitrogens is 2. The number of carbonyl (C=O) groups excluding carboxylic acids is 1. The molecule has 18 heavy (non-hydrogen) atoms. The van der Waals surface area contributed by atoms with Gasteiger partial charge in [0.15, 0.2) is 0 Å². The first kappa shape index (κ1) is 12.4. The van der Waals surface area contributed by atoms with Crippen LogP contribution in [0.5, 0.6) is 0 Å². The summed E-state index contributed by atoms with van der Waals surface area (Å²) in [5.41, 5.74) is 1.21. The number of halogens is 1. The number of hydrogen-bond donors (Lipinski definition) is 2. The van der Waals surface area contributed by atoms with Gasteiger partial charge in [0.05, 0.1) is 0 Å². The van der Waals surface area contributed by atoms with Gasteiger partial charge in [-0.25, -0.2) is 4.39 Å². The van der Waals surface area contributed by atoms with E-state index in [-0.39, 0.29) is 16.7 Å². The summed E-state index contributed by atoms with van der Waals surface area (Å²) in [6.45, 7) is 1.72. The zero-order valence-electron chi connectivity index (χ0n) is 9.82. The lowest BCUT2D eigenvalue weighted by Crippen LogP contribution is -2.12. The minimum atomic E-state index is -0.358. The van der Waals surface area contributed by atoms with E-state index in [1.54, 1.807) is 14.0 Å². The predicted molar refractivity (Wildman–Crippen MR) is 68.5 cm³/mol. The molecule has 0 saturated carbocycles. The van der Waals surface area contributed by atoms with Crippen molar-refractivity contribution < 1.29 is 9.18 Å². The fourth-order valence-electron chi connectivity index (χ4n) is 1.36. The molecule has 0 spiro atoms. The van der Waals surface area contributed by atoms with Crippen molar-refractivity contribution in [2.45, 2.75) is 6.92 Å². The third kappa shape index (κ3) is 2.62. The highest BCUT2D eigenvalue weighted by Crippen LogP contribution is 2.19. The Hall–Kier alpha value is -2.02. The molecule has 0 aliphatic carbocycles. The lowest BCUT2D eigenvalue weighted by Gasteiger charge is -2.06. The number of aryl methyl sites for hydroxylation is 1. The van der Waals surface area contributed by atoms with E-state index in [1.807, 2.05) is 0 Å². The van der Waals surface area contributed by atoms with Crippen LogP contribution in [0.1, 0.15) is 15.4 Å². The van der Waals surface area contributed by atoms with Gasteiger partial charge in [-0.2, -0.15) is 0 Å². The van der Waals surface area contributed by atoms with Gasteiger partial charge in [0.1, 0.15) is 5.82 Å². The Morgan fingerprint density at radius 1 is 1.39 bits per heavy atom. The summed E-state index contributed by atoms with van der Waals surface area (Å²) in [4.78, 5) is 11.9. The molecule has 94 valence electrons.